The standard InChI is InChI=1S/C15H16BrNO2/c1-18-13-7-6-11(9-17)15(8-13)19-10-12-4-2-3-5-14(12)16/h2-8H,9-10,17H2,1H3. The smallest absolute Gasteiger partial charge is 0.127 e. The summed E-state index contributed by atoms with van der Waals surface area (Å²) < 4.78 is 12.1. The van der Waals surface area contributed by atoms with Gasteiger partial charge in [0, 0.05) is 28.2 Å². The van der Waals surface area contributed by atoms with E-state index in [1.807, 2.05) is 42.5 Å². The maximum atomic E-state index is 5.85. The van der Waals surface area contributed by atoms with Crippen LogP contribution in [0, 0.1) is 0 Å². The van der Waals surface area contributed by atoms with Crippen LogP contribution in [0.2, 0.25) is 0 Å². The minimum atomic E-state index is 0.440. The first kappa shape index (κ1) is 13.9. The molecule has 0 fully saturated rings. The summed E-state index contributed by atoms with van der Waals surface area (Å²) in [7, 11) is 1.63. The van der Waals surface area contributed by atoms with Crippen LogP contribution >= 0.6 is 15.9 Å². The fourth-order valence-electron chi connectivity index (χ4n) is 1.74. The Hall–Kier alpha value is -1.52. The maximum Gasteiger partial charge on any atom is 0.127 e. The van der Waals surface area contributed by atoms with Crippen molar-refractivity contribution >= 4 is 15.9 Å². The normalized spacial score (nSPS) is 10.3. The highest BCUT2D eigenvalue weighted by atomic mass is 79.9. The van der Waals surface area contributed by atoms with Gasteiger partial charge >= 0.3 is 0 Å². The number of methoxy groups -OCH3 is 1. The summed E-state index contributed by atoms with van der Waals surface area (Å²) in [5.41, 5.74) is 7.77. The minimum absolute atomic E-state index is 0.440. The van der Waals surface area contributed by atoms with Gasteiger partial charge in [0.1, 0.15) is 18.1 Å². The van der Waals surface area contributed by atoms with Crippen molar-refractivity contribution in [1.29, 1.82) is 0 Å². The summed E-state index contributed by atoms with van der Waals surface area (Å²) in [6.07, 6.45) is 0. The average Bonchev–Trinajstić information content (AvgIpc) is 2.46. The molecule has 4 heteroatoms. The molecule has 2 aromatic carbocycles. The quantitative estimate of drug-likeness (QED) is 0.916. The van der Waals surface area contributed by atoms with Crippen molar-refractivity contribution in [3.63, 3.8) is 0 Å². The van der Waals surface area contributed by atoms with Crippen LogP contribution in [0.25, 0.3) is 0 Å². The van der Waals surface area contributed by atoms with Gasteiger partial charge in [-0.05, 0) is 12.1 Å². The maximum absolute atomic E-state index is 5.85. The summed E-state index contributed by atoms with van der Waals surface area (Å²) in [6.45, 7) is 0.927. The van der Waals surface area contributed by atoms with E-state index >= 15 is 0 Å². The monoisotopic (exact) mass is 321 g/mol. The molecule has 0 aromatic heterocycles. The molecule has 3 nitrogen and oxygen atoms in total. The lowest BCUT2D eigenvalue weighted by Gasteiger charge is -2.12. The molecule has 0 spiro atoms. The van der Waals surface area contributed by atoms with Crippen molar-refractivity contribution in [2.75, 3.05) is 7.11 Å². The molecule has 0 amide bonds. The molecule has 2 rings (SSSR count). The fourth-order valence-corrected chi connectivity index (χ4v) is 2.14. The first-order valence-corrected chi connectivity index (χ1v) is 6.77. The van der Waals surface area contributed by atoms with Crippen LogP contribution in [-0.4, -0.2) is 7.11 Å². The van der Waals surface area contributed by atoms with Gasteiger partial charge in [-0.25, -0.2) is 0 Å². The van der Waals surface area contributed by atoms with Gasteiger partial charge in [-0.2, -0.15) is 0 Å². The Balaban J connectivity index is 2.16. The van der Waals surface area contributed by atoms with Gasteiger partial charge in [0.25, 0.3) is 0 Å². The van der Waals surface area contributed by atoms with E-state index in [1.165, 1.54) is 0 Å². The molecule has 2 aromatic rings. The highest BCUT2D eigenvalue weighted by Crippen LogP contribution is 2.26. The predicted molar refractivity (Wildman–Crippen MR) is 79.4 cm³/mol. The van der Waals surface area contributed by atoms with E-state index < -0.39 is 0 Å². The summed E-state index contributed by atoms with van der Waals surface area (Å²) in [4.78, 5) is 0. The number of ether oxygens (including phenoxy) is 2. The van der Waals surface area contributed by atoms with Gasteiger partial charge in [-0.3, -0.25) is 0 Å². The number of rotatable bonds is 5. The lowest BCUT2D eigenvalue weighted by molar-refractivity contribution is 0.299. The van der Waals surface area contributed by atoms with Gasteiger partial charge in [-0.15, -0.1) is 0 Å². The molecule has 100 valence electrons. The van der Waals surface area contributed by atoms with Crippen molar-refractivity contribution in [3.05, 3.63) is 58.1 Å². The van der Waals surface area contributed by atoms with Crippen LogP contribution in [0.15, 0.2) is 46.9 Å². The Morgan fingerprint density at radius 2 is 1.89 bits per heavy atom. The van der Waals surface area contributed by atoms with E-state index in [0.29, 0.717) is 13.2 Å². The van der Waals surface area contributed by atoms with Gasteiger partial charge < -0.3 is 15.2 Å². The molecule has 2 N–H and O–H groups in total. The number of hydrogen-bond donors (Lipinski definition) is 1. The van der Waals surface area contributed by atoms with Crippen LogP contribution in [0.5, 0.6) is 11.5 Å². The third kappa shape index (κ3) is 3.49. The van der Waals surface area contributed by atoms with Gasteiger partial charge in [0.05, 0.1) is 7.11 Å². The predicted octanol–water partition coefficient (Wildman–Crippen LogP) is 3.50. The summed E-state index contributed by atoms with van der Waals surface area (Å²) >= 11 is 3.50. The third-order valence-electron chi connectivity index (χ3n) is 2.84. The number of hydrogen-bond acceptors (Lipinski definition) is 3. The third-order valence-corrected chi connectivity index (χ3v) is 3.61. The lowest BCUT2D eigenvalue weighted by atomic mass is 10.2. The zero-order valence-corrected chi connectivity index (χ0v) is 12.3. The largest absolute Gasteiger partial charge is 0.497 e. The molecular formula is C15H16BrNO2. The van der Waals surface area contributed by atoms with E-state index in [0.717, 1.165) is 27.1 Å². The molecule has 0 unspecified atom stereocenters. The molecule has 0 saturated carbocycles. The second-order valence-electron chi connectivity index (χ2n) is 4.06. The minimum Gasteiger partial charge on any atom is -0.497 e. The van der Waals surface area contributed by atoms with E-state index in [-0.39, 0.29) is 0 Å². The Labute approximate surface area is 121 Å². The highest BCUT2D eigenvalue weighted by Gasteiger charge is 2.06. The Morgan fingerprint density at radius 3 is 2.58 bits per heavy atom. The van der Waals surface area contributed by atoms with Crippen molar-refractivity contribution in [3.8, 4) is 11.5 Å². The molecule has 0 atom stereocenters. The van der Waals surface area contributed by atoms with Crippen LogP contribution < -0.4 is 15.2 Å². The first-order valence-electron chi connectivity index (χ1n) is 5.97. The molecule has 0 radical (unpaired) electrons. The van der Waals surface area contributed by atoms with Crippen LogP contribution in [-0.2, 0) is 13.2 Å². The zero-order chi connectivity index (χ0) is 13.7. The van der Waals surface area contributed by atoms with Gasteiger partial charge in [0.15, 0.2) is 0 Å². The van der Waals surface area contributed by atoms with Gasteiger partial charge in [0.2, 0.25) is 0 Å². The molecule has 0 saturated heterocycles. The van der Waals surface area contributed by atoms with E-state index in [1.54, 1.807) is 7.11 Å². The Bertz CT molecular complexity index is 558. The average molecular weight is 322 g/mol. The highest BCUT2D eigenvalue weighted by molar-refractivity contribution is 9.10. The molecule has 0 bridgehead atoms. The van der Waals surface area contributed by atoms with Crippen LogP contribution in [0.4, 0.5) is 0 Å². The molecular weight excluding hydrogens is 306 g/mol. The molecule has 0 aliphatic rings. The molecule has 0 heterocycles. The SMILES string of the molecule is COc1ccc(CN)c(OCc2ccccc2Br)c1. The van der Waals surface area contributed by atoms with Crippen molar-refractivity contribution < 1.29 is 9.47 Å². The van der Waals surface area contributed by atoms with Crippen molar-refractivity contribution in [2.45, 2.75) is 13.2 Å². The van der Waals surface area contributed by atoms with E-state index in [9.17, 15) is 0 Å². The molecule has 0 aliphatic carbocycles. The number of nitrogens with two attached hydrogens (primary N) is 1. The Kier molecular flexibility index (Phi) is 4.82. The van der Waals surface area contributed by atoms with Crippen LogP contribution in [0.1, 0.15) is 11.1 Å². The lowest BCUT2D eigenvalue weighted by Crippen LogP contribution is -2.03. The summed E-state index contributed by atoms with van der Waals surface area (Å²) in [6, 6.07) is 13.6. The summed E-state index contributed by atoms with van der Waals surface area (Å²) in [5, 5.41) is 0. The second kappa shape index (κ2) is 6.59. The van der Waals surface area contributed by atoms with E-state index in [2.05, 4.69) is 15.9 Å². The second-order valence-corrected chi connectivity index (χ2v) is 4.91. The fraction of sp³-hybridized carbons (Fsp3) is 0.200. The number of benzene rings is 2. The molecule has 0 aliphatic heterocycles. The number of halogens is 1. The van der Waals surface area contributed by atoms with E-state index in [4.69, 9.17) is 15.2 Å². The summed E-state index contributed by atoms with van der Waals surface area (Å²) in [5.74, 6) is 1.52. The topological polar surface area (TPSA) is 44.5 Å². The molecule has 19 heavy (non-hydrogen) atoms. The first-order chi connectivity index (χ1) is 9.24. The van der Waals surface area contributed by atoms with Gasteiger partial charge in [-0.1, -0.05) is 40.2 Å². The van der Waals surface area contributed by atoms with Crippen molar-refractivity contribution in [2.24, 2.45) is 5.73 Å². The zero-order valence-electron chi connectivity index (χ0n) is 10.7. The Morgan fingerprint density at radius 1 is 1.11 bits per heavy atom. The van der Waals surface area contributed by atoms with Crippen LogP contribution in [0.3, 0.4) is 0 Å². The van der Waals surface area contributed by atoms with Crippen molar-refractivity contribution in [1.82, 2.24) is 0 Å².